The summed E-state index contributed by atoms with van der Waals surface area (Å²) in [5.41, 5.74) is 3.06. The highest BCUT2D eigenvalue weighted by Crippen LogP contribution is 2.21. The minimum atomic E-state index is 0.338. The molecule has 0 spiro atoms. The van der Waals surface area contributed by atoms with Crippen molar-refractivity contribution < 1.29 is 0 Å². The first-order valence-corrected chi connectivity index (χ1v) is 6.08. The van der Waals surface area contributed by atoms with Crippen LogP contribution in [0.3, 0.4) is 0 Å². The number of hydrogen-bond acceptors (Lipinski definition) is 1. The van der Waals surface area contributed by atoms with Crippen LogP contribution in [0, 0.1) is 5.41 Å². The van der Waals surface area contributed by atoms with E-state index in [1.54, 1.807) is 0 Å². The fourth-order valence-corrected chi connectivity index (χ4v) is 2.03. The van der Waals surface area contributed by atoms with Crippen molar-refractivity contribution in [3.05, 3.63) is 53.9 Å². The van der Waals surface area contributed by atoms with Gasteiger partial charge in [0.05, 0.1) is 6.54 Å². The van der Waals surface area contributed by atoms with Crippen LogP contribution in [0.2, 0.25) is 0 Å². The molecule has 0 radical (unpaired) electrons. The molecule has 90 valence electrons. The van der Waals surface area contributed by atoms with Gasteiger partial charge in [-0.15, -0.1) is 0 Å². The van der Waals surface area contributed by atoms with Gasteiger partial charge in [-0.2, -0.15) is 5.10 Å². The highest BCUT2D eigenvalue weighted by Gasteiger charge is 2.11. The molecular weight excluding hydrogens is 208 g/mol. The van der Waals surface area contributed by atoms with Crippen molar-refractivity contribution in [2.45, 2.75) is 33.7 Å². The number of aromatic nitrogens is 2. The summed E-state index contributed by atoms with van der Waals surface area (Å²) in [5, 5.41) is 4.23. The van der Waals surface area contributed by atoms with Crippen molar-refractivity contribution in [1.82, 2.24) is 9.78 Å². The third kappa shape index (κ3) is 3.74. The standard InChI is InChI=1S/C15H20N2/c1-15(2,3)11-13-6-4-7-14(10-13)12-17-9-5-8-16-17/h4-10H,11-12H2,1-3H3. The van der Waals surface area contributed by atoms with Gasteiger partial charge < -0.3 is 0 Å². The van der Waals surface area contributed by atoms with Crippen LogP contribution in [0.15, 0.2) is 42.7 Å². The summed E-state index contributed by atoms with van der Waals surface area (Å²) in [6, 6.07) is 10.7. The maximum atomic E-state index is 4.23. The van der Waals surface area contributed by atoms with Gasteiger partial charge in [0, 0.05) is 12.4 Å². The molecule has 0 saturated heterocycles. The summed E-state index contributed by atoms with van der Waals surface area (Å²) in [4.78, 5) is 0. The zero-order chi connectivity index (χ0) is 12.3. The van der Waals surface area contributed by atoms with Crippen LogP contribution >= 0.6 is 0 Å². The predicted octanol–water partition coefficient (Wildman–Crippen LogP) is 3.52. The van der Waals surface area contributed by atoms with Gasteiger partial charge in [0.1, 0.15) is 0 Å². The first-order valence-electron chi connectivity index (χ1n) is 6.08. The Hall–Kier alpha value is -1.57. The number of benzene rings is 1. The van der Waals surface area contributed by atoms with Crippen LogP contribution in [0.4, 0.5) is 0 Å². The van der Waals surface area contributed by atoms with Crippen molar-refractivity contribution >= 4 is 0 Å². The van der Waals surface area contributed by atoms with Crippen LogP contribution in [-0.4, -0.2) is 9.78 Å². The lowest BCUT2D eigenvalue weighted by Gasteiger charge is -2.18. The Kier molecular flexibility index (Phi) is 3.32. The Bertz CT molecular complexity index is 464. The van der Waals surface area contributed by atoms with Crippen molar-refractivity contribution in [2.75, 3.05) is 0 Å². The first kappa shape index (κ1) is 11.9. The molecule has 0 N–H and O–H groups in total. The van der Waals surface area contributed by atoms with Gasteiger partial charge in [0.2, 0.25) is 0 Å². The van der Waals surface area contributed by atoms with Gasteiger partial charge in [-0.3, -0.25) is 4.68 Å². The normalized spacial score (nSPS) is 11.7. The van der Waals surface area contributed by atoms with E-state index in [2.05, 4.69) is 50.1 Å². The molecule has 2 nitrogen and oxygen atoms in total. The van der Waals surface area contributed by atoms with E-state index in [0.717, 1.165) is 13.0 Å². The smallest absolute Gasteiger partial charge is 0.0659 e. The van der Waals surface area contributed by atoms with Crippen molar-refractivity contribution in [3.63, 3.8) is 0 Å². The topological polar surface area (TPSA) is 17.8 Å². The quantitative estimate of drug-likeness (QED) is 0.786. The zero-order valence-corrected chi connectivity index (χ0v) is 10.9. The summed E-state index contributed by atoms with van der Waals surface area (Å²) in [5.74, 6) is 0. The maximum absolute atomic E-state index is 4.23. The second-order valence-electron chi connectivity index (χ2n) is 5.76. The Labute approximate surface area is 103 Å². The highest BCUT2D eigenvalue weighted by molar-refractivity contribution is 5.24. The molecule has 1 aromatic carbocycles. The third-order valence-electron chi connectivity index (χ3n) is 2.63. The summed E-state index contributed by atoms with van der Waals surface area (Å²) in [6.45, 7) is 7.67. The monoisotopic (exact) mass is 228 g/mol. The van der Waals surface area contributed by atoms with Crippen LogP contribution in [-0.2, 0) is 13.0 Å². The SMILES string of the molecule is CC(C)(C)Cc1cccc(Cn2cccn2)c1. The third-order valence-corrected chi connectivity index (χ3v) is 2.63. The van der Waals surface area contributed by atoms with Crippen LogP contribution in [0.5, 0.6) is 0 Å². The highest BCUT2D eigenvalue weighted by atomic mass is 15.3. The molecule has 1 aromatic heterocycles. The Morgan fingerprint density at radius 2 is 1.88 bits per heavy atom. The van der Waals surface area contributed by atoms with Crippen molar-refractivity contribution in [1.29, 1.82) is 0 Å². The van der Waals surface area contributed by atoms with Gasteiger partial charge in [-0.05, 0) is 29.0 Å². The summed E-state index contributed by atoms with van der Waals surface area (Å²) in [7, 11) is 0. The fraction of sp³-hybridized carbons (Fsp3) is 0.400. The van der Waals surface area contributed by atoms with E-state index in [4.69, 9.17) is 0 Å². The zero-order valence-electron chi connectivity index (χ0n) is 10.9. The van der Waals surface area contributed by atoms with E-state index >= 15 is 0 Å². The number of rotatable bonds is 3. The summed E-state index contributed by atoms with van der Waals surface area (Å²) < 4.78 is 1.95. The van der Waals surface area contributed by atoms with Gasteiger partial charge >= 0.3 is 0 Å². The lowest BCUT2D eigenvalue weighted by molar-refractivity contribution is 0.411. The first-order chi connectivity index (χ1) is 8.03. The number of nitrogens with zero attached hydrogens (tertiary/aromatic N) is 2. The molecule has 17 heavy (non-hydrogen) atoms. The molecule has 0 fully saturated rings. The van der Waals surface area contributed by atoms with Crippen LogP contribution in [0.25, 0.3) is 0 Å². The molecule has 2 aromatic rings. The fourth-order valence-electron chi connectivity index (χ4n) is 2.03. The number of hydrogen-bond donors (Lipinski definition) is 0. The molecule has 0 aliphatic heterocycles. The minimum Gasteiger partial charge on any atom is -0.268 e. The Morgan fingerprint density at radius 3 is 2.53 bits per heavy atom. The van der Waals surface area contributed by atoms with Gasteiger partial charge in [0.25, 0.3) is 0 Å². The molecule has 0 unspecified atom stereocenters. The van der Waals surface area contributed by atoms with Gasteiger partial charge in [-0.1, -0.05) is 45.0 Å². The molecule has 0 bridgehead atoms. The van der Waals surface area contributed by atoms with Crippen LogP contribution in [0.1, 0.15) is 31.9 Å². The lowest BCUT2D eigenvalue weighted by Crippen LogP contribution is -2.09. The molecule has 2 rings (SSSR count). The Balaban J connectivity index is 2.12. The van der Waals surface area contributed by atoms with Crippen LogP contribution < -0.4 is 0 Å². The van der Waals surface area contributed by atoms with Crippen molar-refractivity contribution in [3.8, 4) is 0 Å². The molecule has 0 amide bonds. The maximum Gasteiger partial charge on any atom is 0.0659 e. The molecule has 0 aliphatic carbocycles. The van der Waals surface area contributed by atoms with E-state index in [9.17, 15) is 0 Å². The van der Waals surface area contributed by atoms with E-state index in [1.807, 2.05) is 23.1 Å². The van der Waals surface area contributed by atoms with E-state index in [0.29, 0.717) is 5.41 Å². The molecule has 1 heterocycles. The van der Waals surface area contributed by atoms with Crippen molar-refractivity contribution in [2.24, 2.45) is 5.41 Å². The second-order valence-corrected chi connectivity index (χ2v) is 5.76. The van der Waals surface area contributed by atoms with E-state index in [-0.39, 0.29) is 0 Å². The average molecular weight is 228 g/mol. The molecule has 0 aliphatic rings. The summed E-state index contributed by atoms with van der Waals surface area (Å²) >= 11 is 0. The Morgan fingerprint density at radius 1 is 1.12 bits per heavy atom. The lowest BCUT2D eigenvalue weighted by atomic mass is 9.88. The summed E-state index contributed by atoms with van der Waals surface area (Å²) in [6.07, 6.45) is 4.93. The molecular formula is C15H20N2. The van der Waals surface area contributed by atoms with Gasteiger partial charge in [0.15, 0.2) is 0 Å². The molecule has 0 atom stereocenters. The molecule has 2 heteroatoms. The largest absolute Gasteiger partial charge is 0.268 e. The second kappa shape index (κ2) is 4.74. The predicted molar refractivity (Wildman–Crippen MR) is 70.9 cm³/mol. The molecule has 0 saturated carbocycles. The van der Waals surface area contributed by atoms with E-state index < -0.39 is 0 Å². The van der Waals surface area contributed by atoms with Gasteiger partial charge in [-0.25, -0.2) is 0 Å². The minimum absolute atomic E-state index is 0.338. The van der Waals surface area contributed by atoms with E-state index in [1.165, 1.54) is 11.1 Å². The average Bonchev–Trinajstić information content (AvgIpc) is 2.68.